The monoisotopic (exact) mass is 242 g/mol. The van der Waals surface area contributed by atoms with E-state index in [0.717, 1.165) is 19.7 Å². The highest BCUT2D eigenvalue weighted by Gasteiger charge is 2.27. The average molecular weight is 242 g/mol. The normalized spacial score (nSPS) is 26.5. The van der Waals surface area contributed by atoms with Crippen molar-refractivity contribution in [1.82, 2.24) is 10.2 Å². The van der Waals surface area contributed by atoms with E-state index < -0.39 is 0 Å². The highest BCUT2D eigenvalue weighted by atomic mass is 16.5. The summed E-state index contributed by atoms with van der Waals surface area (Å²) in [6.07, 6.45) is 4.11. The largest absolute Gasteiger partial charge is 0.377 e. The first-order valence-electron chi connectivity index (χ1n) is 7.08. The van der Waals surface area contributed by atoms with E-state index in [1.54, 1.807) is 0 Å². The van der Waals surface area contributed by atoms with Crippen LogP contribution in [0.25, 0.3) is 0 Å². The second kappa shape index (κ2) is 7.34. The summed E-state index contributed by atoms with van der Waals surface area (Å²) in [7, 11) is 2.06. The van der Waals surface area contributed by atoms with E-state index in [1.165, 1.54) is 32.4 Å². The Hall–Kier alpha value is -0.120. The Morgan fingerprint density at radius 1 is 1.47 bits per heavy atom. The van der Waals surface area contributed by atoms with Crippen LogP contribution >= 0.6 is 0 Å². The summed E-state index contributed by atoms with van der Waals surface area (Å²) in [4.78, 5) is 2.59. The highest BCUT2D eigenvalue weighted by Crippen LogP contribution is 2.24. The van der Waals surface area contributed by atoms with E-state index in [0.29, 0.717) is 11.5 Å². The standard InChI is InChI=1S/C14H30N2O/c1-5-7-14(3,11-15-4)12-16-8-6-9-17-13(2)10-16/h13,15H,5-12H2,1-4H3. The van der Waals surface area contributed by atoms with Crippen LogP contribution in [0.1, 0.15) is 40.0 Å². The van der Waals surface area contributed by atoms with Gasteiger partial charge in [-0.05, 0) is 32.2 Å². The molecule has 0 bridgehead atoms. The molecule has 3 heteroatoms. The molecular weight excluding hydrogens is 212 g/mol. The molecule has 2 atom stereocenters. The molecule has 1 aliphatic rings. The van der Waals surface area contributed by atoms with Gasteiger partial charge in [0, 0.05) is 32.8 Å². The van der Waals surface area contributed by atoms with Crippen LogP contribution in [0.4, 0.5) is 0 Å². The van der Waals surface area contributed by atoms with Gasteiger partial charge in [-0.3, -0.25) is 0 Å². The number of nitrogens with one attached hydrogen (secondary N) is 1. The van der Waals surface area contributed by atoms with Crippen LogP contribution in [0, 0.1) is 5.41 Å². The minimum atomic E-state index is 0.387. The lowest BCUT2D eigenvalue weighted by molar-refractivity contribution is 0.0595. The Morgan fingerprint density at radius 2 is 2.24 bits per heavy atom. The van der Waals surface area contributed by atoms with Gasteiger partial charge in [-0.25, -0.2) is 0 Å². The Kier molecular flexibility index (Phi) is 6.45. The van der Waals surface area contributed by atoms with Crippen molar-refractivity contribution in [3.8, 4) is 0 Å². The maximum Gasteiger partial charge on any atom is 0.0673 e. The molecule has 1 heterocycles. The third-order valence-electron chi connectivity index (χ3n) is 3.60. The molecular formula is C14H30N2O. The zero-order valence-electron chi connectivity index (χ0n) is 12.1. The van der Waals surface area contributed by atoms with Crippen molar-refractivity contribution in [2.75, 3.05) is 39.8 Å². The lowest BCUT2D eigenvalue weighted by Crippen LogP contribution is -2.43. The fraction of sp³-hybridized carbons (Fsp3) is 1.00. The zero-order valence-corrected chi connectivity index (χ0v) is 12.1. The lowest BCUT2D eigenvalue weighted by atomic mass is 9.84. The molecule has 3 nitrogen and oxygen atoms in total. The first kappa shape index (κ1) is 14.9. The van der Waals surface area contributed by atoms with Crippen LogP contribution in [-0.4, -0.2) is 50.8 Å². The SMILES string of the molecule is CCCC(C)(CNC)CN1CCCOC(C)C1. The fourth-order valence-electron chi connectivity index (χ4n) is 3.02. The van der Waals surface area contributed by atoms with Gasteiger partial charge in [-0.1, -0.05) is 20.3 Å². The van der Waals surface area contributed by atoms with Crippen LogP contribution < -0.4 is 5.32 Å². The van der Waals surface area contributed by atoms with Gasteiger partial charge in [0.25, 0.3) is 0 Å². The fourth-order valence-corrected chi connectivity index (χ4v) is 3.02. The van der Waals surface area contributed by atoms with Gasteiger partial charge in [0.1, 0.15) is 0 Å². The third-order valence-corrected chi connectivity index (χ3v) is 3.60. The third kappa shape index (κ3) is 5.36. The summed E-state index contributed by atoms with van der Waals surface area (Å²) >= 11 is 0. The van der Waals surface area contributed by atoms with E-state index in [2.05, 4.69) is 38.0 Å². The van der Waals surface area contributed by atoms with Crippen molar-refractivity contribution in [3.05, 3.63) is 0 Å². The van der Waals surface area contributed by atoms with Crippen LogP contribution in [0.15, 0.2) is 0 Å². The maximum absolute atomic E-state index is 5.71. The van der Waals surface area contributed by atoms with Gasteiger partial charge in [0.05, 0.1) is 6.10 Å². The Morgan fingerprint density at radius 3 is 2.88 bits per heavy atom. The quantitative estimate of drug-likeness (QED) is 0.772. The summed E-state index contributed by atoms with van der Waals surface area (Å²) in [5, 5.41) is 3.35. The Labute approximate surface area is 107 Å². The van der Waals surface area contributed by atoms with Crippen molar-refractivity contribution in [2.24, 2.45) is 5.41 Å². The number of hydrogen-bond acceptors (Lipinski definition) is 3. The van der Waals surface area contributed by atoms with Crippen molar-refractivity contribution in [2.45, 2.75) is 46.1 Å². The molecule has 0 amide bonds. The molecule has 17 heavy (non-hydrogen) atoms. The summed E-state index contributed by atoms with van der Waals surface area (Å²) < 4.78 is 5.71. The molecule has 1 rings (SSSR count). The molecule has 0 spiro atoms. The molecule has 0 saturated carbocycles. The van der Waals surface area contributed by atoms with Gasteiger partial charge >= 0.3 is 0 Å². The van der Waals surface area contributed by atoms with Crippen LogP contribution in [0.3, 0.4) is 0 Å². The molecule has 0 aromatic heterocycles. The maximum atomic E-state index is 5.71. The molecule has 102 valence electrons. The van der Waals surface area contributed by atoms with E-state index in [9.17, 15) is 0 Å². The molecule has 0 aliphatic carbocycles. The number of nitrogens with zero attached hydrogens (tertiary/aromatic N) is 1. The van der Waals surface area contributed by atoms with Crippen molar-refractivity contribution < 1.29 is 4.74 Å². The molecule has 1 fully saturated rings. The predicted molar refractivity (Wildman–Crippen MR) is 73.4 cm³/mol. The summed E-state index contributed by atoms with van der Waals surface area (Å²) in [6.45, 7) is 12.4. The molecule has 0 aromatic carbocycles. The van der Waals surface area contributed by atoms with Gasteiger partial charge in [-0.15, -0.1) is 0 Å². The number of hydrogen-bond donors (Lipinski definition) is 1. The van der Waals surface area contributed by atoms with E-state index in [-0.39, 0.29) is 0 Å². The first-order valence-corrected chi connectivity index (χ1v) is 7.08. The summed E-state index contributed by atoms with van der Waals surface area (Å²) in [5.74, 6) is 0. The van der Waals surface area contributed by atoms with E-state index in [1.807, 2.05) is 0 Å². The van der Waals surface area contributed by atoms with Crippen LogP contribution in [0.5, 0.6) is 0 Å². The topological polar surface area (TPSA) is 24.5 Å². The summed E-state index contributed by atoms with van der Waals surface area (Å²) in [6, 6.07) is 0. The molecule has 1 N–H and O–H groups in total. The molecule has 1 saturated heterocycles. The van der Waals surface area contributed by atoms with E-state index in [4.69, 9.17) is 4.74 Å². The molecule has 0 radical (unpaired) electrons. The minimum absolute atomic E-state index is 0.387. The smallest absolute Gasteiger partial charge is 0.0673 e. The van der Waals surface area contributed by atoms with Crippen molar-refractivity contribution in [3.63, 3.8) is 0 Å². The van der Waals surface area contributed by atoms with Crippen LogP contribution in [-0.2, 0) is 4.74 Å². The highest BCUT2D eigenvalue weighted by molar-refractivity contribution is 4.81. The van der Waals surface area contributed by atoms with Gasteiger partial charge in [0.2, 0.25) is 0 Å². The Bertz CT molecular complexity index is 202. The lowest BCUT2D eigenvalue weighted by Gasteiger charge is -2.35. The molecule has 2 unspecified atom stereocenters. The van der Waals surface area contributed by atoms with Gasteiger partial charge in [0.15, 0.2) is 0 Å². The zero-order chi connectivity index (χ0) is 12.7. The average Bonchev–Trinajstić information content (AvgIpc) is 2.43. The summed E-state index contributed by atoms with van der Waals surface area (Å²) in [5.41, 5.74) is 0.396. The minimum Gasteiger partial charge on any atom is -0.377 e. The molecule has 0 aromatic rings. The number of ether oxygens (including phenoxy) is 1. The van der Waals surface area contributed by atoms with Crippen molar-refractivity contribution in [1.29, 1.82) is 0 Å². The van der Waals surface area contributed by atoms with Crippen molar-refractivity contribution >= 4 is 0 Å². The van der Waals surface area contributed by atoms with Gasteiger partial charge in [-0.2, -0.15) is 0 Å². The molecule has 1 aliphatic heterocycles. The second-order valence-corrected chi connectivity index (χ2v) is 5.86. The predicted octanol–water partition coefficient (Wildman–Crippen LogP) is 2.12. The second-order valence-electron chi connectivity index (χ2n) is 5.86. The first-order chi connectivity index (χ1) is 8.09. The van der Waals surface area contributed by atoms with Gasteiger partial charge < -0.3 is 15.0 Å². The Balaban J connectivity index is 2.52. The van der Waals surface area contributed by atoms with Crippen LogP contribution in [0.2, 0.25) is 0 Å². The number of rotatable bonds is 6. The van der Waals surface area contributed by atoms with E-state index >= 15 is 0 Å².